The number of carbonyl (C=O) groups is 1. The molecule has 1 fully saturated rings. The van der Waals surface area contributed by atoms with Crippen LogP contribution in [0.1, 0.15) is 96.8 Å². The number of hydrogen-bond donors (Lipinski definition) is 2. The zero-order valence-corrected chi connectivity index (χ0v) is 16.7. The zero-order valence-electron chi connectivity index (χ0n) is 16.7. The molecule has 1 rings (SSSR count). The highest BCUT2D eigenvalue weighted by Gasteiger charge is 2.36. The van der Waals surface area contributed by atoms with Gasteiger partial charge in [0.2, 0.25) is 0 Å². The lowest BCUT2D eigenvalue weighted by Crippen LogP contribution is -2.25. The Hall–Kier alpha value is -0.650. The average molecular weight is 373 g/mol. The van der Waals surface area contributed by atoms with E-state index in [1.165, 1.54) is 64.2 Å². The Morgan fingerprint density at radius 3 is 1.88 bits per heavy atom. The summed E-state index contributed by atoms with van der Waals surface area (Å²) in [6.07, 6.45) is 16.5. The fourth-order valence-electron chi connectivity index (χ4n) is 3.34. The topological polar surface area (TPSA) is 79.3 Å². The highest BCUT2D eigenvalue weighted by molar-refractivity contribution is 5.69. The highest BCUT2D eigenvalue weighted by Crippen LogP contribution is 2.31. The van der Waals surface area contributed by atoms with Crippen LogP contribution < -0.4 is 0 Å². The monoisotopic (exact) mass is 372 g/mol. The zero-order chi connectivity index (χ0) is 19.0. The minimum atomic E-state index is -0.773. The van der Waals surface area contributed by atoms with Crippen molar-refractivity contribution in [2.24, 2.45) is 0 Å². The predicted molar refractivity (Wildman–Crippen MR) is 103 cm³/mol. The normalized spacial score (nSPS) is 19.1. The van der Waals surface area contributed by atoms with Crippen molar-refractivity contribution in [2.45, 2.75) is 115 Å². The van der Waals surface area contributed by atoms with Gasteiger partial charge < -0.3 is 19.7 Å². The molecule has 154 valence electrons. The van der Waals surface area contributed by atoms with Crippen LogP contribution in [0.3, 0.4) is 0 Å². The van der Waals surface area contributed by atoms with Crippen LogP contribution >= 0.6 is 0 Å². The maximum Gasteiger partial charge on any atom is 0.306 e. The predicted octanol–water partition coefficient (Wildman–Crippen LogP) is 4.13. The van der Waals surface area contributed by atoms with Crippen LogP contribution in [-0.4, -0.2) is 47.7 Å². The molecule has 2 atom stereocenters. The van der Waals surface area contributed by atoms with Crippen molar-refractivity contribution in [3.05, 3.63) is 0 Å². The lowest BCUT2D eigenvalue weighted by molar-refractivity contribution is -0.153. The van der Waals surface area contributed by atoms with E-state index in [-0.39, 0.29) is 19.2 Å². The quantitative estimate of drug-likeness (QED) is 0.215. The van der Waals surface area contributed by atoms with Gasteiger partial charge in [0.25, 0.3) is 0 Å². The maximum absolute atomic E-state index is 11.5. The summed E-state index contributed by atoms with van der Waals surface area (Å²) in [4.78, 5) is 11.5. The molecule has 5 nitrogen and oxygen atoms in total. The molecule has 1 aliphatic rings. The molecule has 1 saturated heterocycles. The second kappa shape index (κ2) is 15.4. The summed E-state index contributed by atoms with van der Waals surface area (Å²) >= 11 is 0. The van der Waals surface area contributed by atoms with Crippen LogP contribution in [0.15, 0.2) is 0 Å². The minimum absolute atomic E-state index is 0.328. The molecule has 5 heteroatoms. The summed E-state index contributed by atoms with van der Waals surface area (Å²) in [6, 6.07) is 0. The van der Waals surface area contributed by atoms with Crippen LogP contribution in [0.4, 0.5) is 0 Å². The van der Waals surface area contributed by atoms with E-state index >= 15 is 0 Å². The third-order valence-corrected chi connectivity index (χ3v) is 5.10. The SMILES string of the molecule is CCCCCCCCC1OC1CCCCCCCC(=O)OC(CO)CO. The van der Waals surface area contributed by atoms with Gasteiger partial charge in [0.1, 0.15) is 6.10 Å². The van der Waals surface area contributed by atoms with Crippen molar-refractivity contribution >= 4 is 5.97 Å². The van der Waals surface area contributed by atoms with Crippen molar-refractivity contribution < 1.29 is 24.5 Å². The Balaban J connectivity index is 1.82. The number of hydrogen-bond acceptors (Lipinski definition) is 5. The number of esters is 1. The van der Waals surface area contributed by atoms with Crippen molar-refractivity contribution in [2.75, 3.05) is 13.2 Å². The van der Waals surface area contributed by atoms with E-state index in [0.717, 1.165) is 19.3 Å². The number of epoxide rings is 1. The summed E-state index contributed by atoms with van der Waals surface area (Å²) in [5.74, 6) is -0.331. The summed E-state index contributed by atoms with van der Waals surface area (Å²) < 4.78 is 10.7. The van der Waals surface area contributed by atoms with E-state index in [9.17, 15) is 4.79 Å². The van der Waals surface area contributed by atoms with Gasteiger partial charge in [-0.05, 0) is 19.3 Å². The molecule has 2 unspecified atom stereocenters. The Morgan fingerprint density at radius 1 is 0.846 bits per heavy atom. The standard InChI is InChI=1S/C21H40O5/c1-2-3-4-5-7-10-13-19-20(26-19)14-11-8-6-9-12-15-21(24)25-18(16-22)17-23/h18-20,22-23H,2-17H2,1H3. The number of unbranched alkanes of at least 4 members (excludes halogenated alkanes) is 9. The van der Waals surface area contributed by atoms with E-state index in [1.54, 1.807) is 0 Å². The van der Waals surface area contributed by atoms with Crippen LogP contribution in [0.2, 0.25) is 0 Å². The molecule has 0 aromatic heterocycles. The summed E-state index contributed by atoms with van der Waals surface area (Å²) in [7, 11) is 0. The lowest BCUT2D eigenvalue weighted by Gasteiger charge is -2.12. The van der Waals surface area contributed by atoms with Crippen molar-refractivity contribution in [3.63, 3.8) is 0 Å². The van der Waals surface area contributed by atoms with Crippen LogP contribution in [-0.2, 0) is 14.3 Å². The molecule has 1 aliphatic heterocycles. The average Bonchev–Trinajstić information content (AvgIpc) is 3.40. The van der Waals surface area contributed by atoms with E-state index in [1.807, 2.05) is 0 Å². The third-order valence-electron chi connectivity index (χ3n) is 5.10. The number of aliphatic hydroxyl groups is 2. The largest absolute Gasteiger partial charge is 0.457 e. The van der Waals surface area contributed by atoms with Gasteiger partial charge in [-0.25, -0.2) is 0 Å². The second-order valence-electron chi connectivity index (χ2n) is 7.55. The lowest BCUT2D eigenvalue weighted by atomic mass is 10.0. The minimum Gasteiger partial charge on any atom is -0.457 e. The molecular weight excluding hydrogens is 332 g/mol. The van der Waals surface area contributed by atoms with E-state index in [4.69, 9.17) is 19.7 Å². The van der Waals surface area contributed by atoms with E-state index in [2.05, 4.69) is 6.92 Å². The van der Waals surface area contributed by atoms with Crippen molar-refractivity contribution in [1.29, 1.82) is 0 Å². The molecule has 0 spiro atoms. The Kier molecular flexibility index (Phi) is 13.9. The van der Waals surface area contributed by atoms with Gasteiger partial charge in [-0.1, -0.05) is 71.1 Å². The molecular formula is C21H40O5. The summed E-state index contributed by atoms with van der Waals surface area (Å²) in [5.41, 5.74) is 0. The van der Waals surface area contributed by atoms with Gasteiger partial charge in [-0.3, -0.25) is 4.79 Å². The first kappa shape index (κ1) is 23.4. The maximum atomic E-state index is 11.5. The van der Waals surface area contributed by atoms with Gasteiger partial charge in [0.05, 0.1) is 25.4 Å². The summed E-state index contributed by atoms with van der Waals surface area (Å²) in [6.45, 7) is 1.60. The van der Waals surface area contributed by atoms with Crippen LogP contribution in [0.25, 0.3) is 0 Å². The van der Waals surface area contributed by atoms with Crippen LogP contribution in [0.5, 0.6) is 0 Å². The number of rotatable bonds is 18. The van der Waals surface area contributed by atoms with Gasteiger partial charge in [0, 0.05) is 6.42 Å². The van der Waals surface area contributed by atoms with Gasteiger partial charge in [-0.2, -0.15) is 0 Å². The third kappa shape index (κ3) is 11.9. The Morgan fingerprint density at radius 2 is 1.35 bits per heavy atom. The number of aliphatic hydroxyl groups excluding tert-OH is 2. The Bertz CT molecular complexity index is 343. The smallest absolute Gasteiger partial charge is 0.306 e. The first-order valence-electron chi connectivity index (χ1n) is 10.8. The fraction of sp³-hybridized carbons (Fsp3) is 0.952. The molecule has 2 N–H and O–H groups in total. The van der Waals surface area contributed by atoms with Crippen molar-refractivity contribution in [1.82, 2.24) is 0 Å². The molecule has 0 amide bonds. The van der Waals surface area contributed by atoms with Crippen LogP contribution in [0, 0.1) is 0 Å². The fourth-order valence-corrected chi connectivity index (χ4v) is 3.34. The summed E-state index contributed by atoms with van der Waals surface area (Å²) in [5, 5.41) is 17.7. The van der Waals surface area contributed by atoms with Gasteiger partial charge >= 0.3 is 5.97 Å². The molecule has 0 saturated carbocycles. The number of ether oxygens (including phenoxy) is 2. The molecule has 0 radical (unpaired) electrons. The van der Waals surface area contributed by atoms with E-state index in [0.29, 0.717) is 18.6 Å². The van der Waals surface area contributed by atoms with E-state index < -0.39 is 6.10 Å². The molecule has 0 bridgehead atoms. The molecule has 0 aromatic carbocycles. The van der Waals surface area contributed by atoms with Gasteiger partial charge in [0.15, 0.2) is 0 Å². The molecule has 1 heterocycles. The van der Waals surface area contributed by atoms with Gasteiger partial charge in [-0.15, -0.1) is 0 Å². The molecule has 26 heavy (non-hydrogen) atoms. The number of carbonyl (C=O) groups excluding carboxylic acids is 1. The highest BCUT2D eigenvalue weighted by atomic mass is 16.6. The molecule has 0 aliphatic carbocycles. The second-order valence-corrected chi connectivity index (χ2v) is 7.55. The molecule has 0 aromatic rings. The van der Waals surface area contributed by atoms with Crippen molar-refractivity contribution in [3.8, 4) is 0 Å². The first-order valence-corrected chi connectivity index (χ1v) is 10.8. The Labute approximate surface area is 159 Å². The first-order chi connectivity index (χ1) is 12.7.